The number of nitrogens with zero attached hydrogens (tertiary/aromatic N) is 4. The molecular weight excluding hydrogens is 330 g/mol. The average molecular weight is 359 g/mol. The Labute approximate surface area is 154 Å². The fourth-order valence-corrected chi connectivity index (χ4v) is 3.66. The number of nitrogens with one attached hydrogen (secondary N) is 1. The summed E-state index contributed by atoms with van der Waals surface area (Å²) in [7, 11) is 2.09. The predicted molar refractivity (Wildman–Crippen MR) is 105 cm³/mol. The molecule has 1 saturated heterocycles. The number of hydrogen-bond donors (Lipinski definition) is 1. The summed E-state index contributed by atoms with van der Waals surface area (Å²) in [4.78, 5) is 29.4. The molecule has 0 bridgehead atoms. The van der Waals surface area contributed by atoms with E-state index in [4.69, 9.17) is 0 Å². The minimum Gasteiger partial charge on any atom is -0.323 e. The van der Waals surface area contributed by atoms with Crippen molar-refractivity contribution in [2.24, 2.45) is 0 Å². The van der Waals surface area contributed by atoms with Gasteiger partial charge in [-0.25, -0.2) is 9.59 Å². The van der Waals surface area contributed by atoms with E-state index in [1.807, 2.05) is 37.8 Å². The highest BCUT2D eigenvalue weighted by Crippen LogP contribution is 2.24. The zero-order valence-corrected chi connectivity index (χ0v) is 16.2. The maximum atomic E-state index is 12.7. The summed E-state index contributed by atoms with van der Waals surface area (Å²) in [6.45, 7) is 10.6. The number of urea groups is 1. The number of aryl methyl sites for hydroxylation is 3. The summed E-state index contributed by atoms with van der Waals surface area (Å²) in [5.74, 6) is 0. The molecule has 26 heavy (non-hydrogen) atoms. The van der Waals surface area contributed by atoms with E-state index in [0.29, 0.717) is 13.1 Å². The summed E-state index contributed by atoms with van der Waals surface area (Å²) in [5, 5.41) is 3.06. The summed E-state index contributed by atoms with van der Waals surface area (Å²) in [6, 6.07) is 3.87. The molecule has 1 aromatic heterocycles. The van der Waals surface area contributed by atoms with Crippen LogP contribution >= 0.6 is 0 Å². The van der Waals surface area contributed by atoms with Gasteiger partial charge >= 0.3 is 11.7 Å². The van der Waals surface area contributed by atoms with E-state index in [9.17, 15) is 9.59 Å². The first-order chi connectivity index (χ1) is 12.5. The molecule has 1 aliphatic rings. The van der Waals surface area contributed by atoms with Gasteiger partial charge in [0.05, 0.1) is 11.0 Å². The number of hydrogen-bond acceptors (Lipinski definition) is 3. The lowest BCUT2D eigenvalue weighted by atomic mass is 10.1. The van der Waals surface area contributed by atoms with E-state index < -0.39 is 0 Å². The standard InChI is InChI=1S/C19H29N5O2/c1-5-23-16-12-14(3)15(13-17(16)24(6-2)19(23)26)20-18(25)22-9-7-8-21(4)10-11-22/h12-13H,5-11H2,1-4H3,(H,20,25). The number of fused-ring (bicyclic) bond motifs is 1. The number of anilines is 1. The highest BCUT2D eigenvalue weighted by atomic mass is 16.2. The lowest BCUT2D eigenvalue weighted by molar-refractivity contribution is 0.213. The molecule has 1 aliphatic heterocycles. The Balaban J connectivity index is 1.91. The summed E-state index contributed by atoms with van der Waals surface area (Å²) >= 11 is 0. The van der Waals surface area contributed by atoms with E-state index in [2.05, 4.69) is 17.3 Å². The van der Waals surface area contributed by atoms with Gasteiger partial charge in [0.1, 0.15) is 0 Å². The Morgan fingerprint density at radius 1 is 1.04 bits per heavy atom. The topological polar surface area (TPSA) is 62.5 Å². The van der Waals surface area contributed by atoms with Gasteiger partial charge in [0, 0.05) is 38.4 Å². The van der Waals surface area contributed by atoms with Gasteiger partial charge in [-0.3, -0.25) is 9.13 Å². The zero-order chi connectivity index (χ0) is 18.8. The molecule has 3 rings (SSSR count). The predicted octanol–water partition coefficient (Wildman–Crippen LogP) is 2.32. The second-order valence-electron chi connectivity index (χ2n) is 7.00. The van der Waals surface area contributed by atoms with Crippen molar-refractivity contribution in [1.29, 1.82) is 0 Å². The summed E-state index contributed by atoms with van der Waals surface area (Å²) in [5.41, 5.74) is 3.54. The largest absolute Gasteiger partial charge is 0.329 e. The highest BCUT2D eigenvalue weighted by molar-refractivity contribution is 5.93. The zero-order valence-electron chi connectivity index (χ0n) is 16.2. The second-order valence-corrected chi connectivity index (χ2v) is 7.00. The molecule has 1 fully saturated rings. The monoisotopic (exact) mass is 359 g/mol. The Bertz CT molecular complexity index is 867. The van der Waals surface area contributed by atoms with E-state index in [1.54, 1.807) is 9.13 Å². The molecular formula is C19H29N5O2. The van der Waals surface area contributed by atoms with Crippen LogP contribution in [0.3, 0.4) is 0 Å². The van der Waals surface area contributed by atoms with Gasteiger partial charge in [-0.05, 0) is 58.5 Å². The number of aromatic nitrogens is 2. The van der Waals surface area contributed by atoms with Crippen LogP contribution in [0, 0.1) is 6.92 Å². The van der Waals surface area contributed by atoms with Crippen LogP contribution in [0.15, 0.2) is 16.9 Å². The van der Waals surface area contributed by atoms with Crippen molar-refractivity contribution in [2.45, 2.75) is 40.3 Å². The molecule has 2 amide bonds. The van der Waals surface area contributed by atoms with Gasteiger partial charge in [0.15, 0.2) is 0 Å². The molecule has 2 aromatic rings. The van der Waals surface area contributed by atoms with Crippen molar-refractivity contribution in [1.82, 2.24) is 18.9 Å². The summed E-state index contributed by atoms with van der Waals surface area (Å²) in [6.07, 6.45) is 0.983. The Kier molecular flexibility index (Phi) is 5.36. The van der Waals surface area contributed by atoms with Crippen molar-refractivity contribution in [3.8, 4) is 0 Å². The van der Waals surface area contributed by atoms with Crippen LogP contribution in [0.1, 0.15) is 25.8 Å². The molecule has 0 spiro atoms. The third-order valence-corrected chi connectivity index (χ3v) is 5.25. The Morgan fingerprint density at radius 3 is 2.35 bits per heavy atom. The van der Waals surface area contributed by atoms with Crippen LogP contribution in [-0.4, -0.2) is 58.2 Å². The molecule has 142 valence electrons. The van der Waals surface area contributed by atoms with Crippen LogP contribution in [0.4, 0.5) is 10.5 Å². The van der Waals surface area contributed by atoms with Crippen LogP contribution < -0.4 is 11.0 Å². The second kappa shape index (κ2) is 7.53. The van der Waals surface area contributed by atoms with Crippen molar-refractivity contribution < 1.29 is 4.79 Å². The molecule has 1 aromatic carbocycles. The lowest BCUT2D eigenvalue weighted by Gasteiger charge is -2.21. The minimum atomic E-state index is -0.0666. The molecule has 7 nitrogen and oxygen atoms in total. The first kappa shape index (κ1) is 18.5. The van der Waals surface area contributed by atoms with Crippen molar-refractivity contribution in [2.75, 3.05) is 38.5 Å². The smallest absolute Gasteiger partial charge is 0.323 e. The first-order valence-corrected chi connectivity index (χ1v) is 9.44. The lowest BCUT2D eigenvalue weighted by Crippen LogP contribution is -2.37. The fraction of sp³-hybridized carbons (Fsp3) is 0.579. The number of carbonyl (C=O) groups excluding carboxylic acids is 1. The third kappa shape index (κ3) is 3.35. The number of likely N-dealkylation sites (N-methyl/N-ethyl adjacent to an activating group) is 1. The van der Waals surface area contributed by atoms with Gasteiger partial charge < -0.3 is 15.1 Å². The van der Waals surface area contributed by atoms with E-state index >= 15 is 0 Å². The summed E-state index contributed by atoms with van der Waals surface area (Å²) < 4.78 is 3.54. The maximum absolute atomic E-state index is 12.7. The number of carbonyl (C=O) groups is 1. The SMILES string of the molecule is CCn1c(=O)n(CC)c2cc(NC(=O)N3CCCN(C)CC3)c(C)cc21. The first-order valence-electron chi connectivity index (χ1n) is 9.44. The molecule has 0 unspecified atom stereocenters. The Hall–Kier alpha value is -2.28. The van der Waals surface area contributed by atoms with Gasteiger partial charge in [-0.1, -0.05) is 0 Å². The molecule has 0 saturated carbocycles. The number of imidazole rings is 1. The van der Waals surface area contributed by atoms with Gasteiger partial charge in [0.25, 0.3) is 0 Å². The van der Waals surface area contributed by atoms with Crippen LogP contribution in [0.2, 0.25) is 0 Å². The molecule has 0 aliphatic carbocycles. The highest BCUT2D eigenvalue weighted by Gasteiger charge is 2.19. The Morgan fingerprint density at radius 2 is 1.69 bits per heavy atom. The van der Waals surface area contributed by atoms with E-state index in [1.165, 1.54) is 0 Å². The molecule has 7 heteroatoms. The van der Waals surface area contributed by atoms with Gasteiger partial charge in [-0.2, -0.15) is 0 Å². The number of amides is 2. The van der Waals surface area contributed by atoms with Crippen molar-refractivity contribution >= 4 is 22.8 Å². The van der Waals surface area contributed by atoms with E-state index in [-0.39, 0.29) is 11.7 Å². The quantitative estimate of drug-likeness (QED) is 0.915. The number of rotatable bonds is 3. The van der Waals surface area contributed by atoms with Crippen molar-refractivity contribution in [3.05, 3.63) is 28.2 Å². The van der Waals surface area contributed by atoms with Crippen LogP contribution in [0.5, 0.6) is 0 Å². The third-order valence-electron chi connectivity index (χ3n) is 5.25. The minimum absolute atomic E-state index is 0.00318. The normalized spacial score (nSPS) is 16.1. The molecule has 0 radical (unpaired) electrons. The van der Waals surface area contributed by atoms with Crippen molar-refractivity contribution in [3.63, 3.8) is 0 Å². The molecule has 2 heterocycles. The van der Waals surface area contributed by atoms with Gasteiger partial charge in [-0.15, -0.1) is 0 Å². The average Bonchev–Trinajstić information content (AvgIpc) is 2.74. The van der Waals surface area contributed by atoms with Crippen LogP contribution in [-0.2, 0) is 13.1 Å². The van der Waals surface area contributed by atoms with E-state index in [0.717, 1.165) is 54.9 Å². The van der Waals surface area contributed by atoms with Gasteiger partial charge in [0.2, 0.25) is 0 Å². The number of benzene rings is 1. The molecule has 1 N–H and O–H groups in total. The maximum Gasteiger partial charge on any atom is 0.329 e. The molecule has 0 atom stereocenters. The van der Waals surface area contributed by atoms with Crippen LogP contribution in [0.25, 0.3) is 11.0 Å². The fourth-order valence-electron chi connectivity index (χ4n) is 3.66.